The van der Waals surface area contributed by atoms with Gasteiger partial charge in [0.15, 0.2) is 0 Å². The van der Waals surface area contributed by atoms with Crippen LogP contribution in [0.4, 0.5) is 0 Å². The first-order valence-corrected chi connectivity index (χ1v) is 8.67. The maximum atomic E-state index is 11.8. The number of ether oxygens (including phenoxy) is 1. The molecule has 22 heavy (non-hydrogen) atoms. The van der Waals surface area contributed by atoms with Gasteiger partial charge >= 0.3 is 11.9 Å². The van der Waals surface area contributed by atoms with Crippen molar-refractivity contribution in [3.05, 3.63) is 12.2 Å². The maximum absolute atomic E-state index is 11.8. The van der Waals surface area contributed by atoms with E-state index in [-0.39, 0.29) is 12.4 Å². The number of aliphatic carboxylic acids is 1. The van der Waals surface area contributed by atoms with Crippen LogP contribution in [-0.4, -0.2) is 23.7 Å². The van der Waals surface area contributed by atoms with Gasteiger partial charge < -0.3 is 9.84 Å². The van der Waals surface area contributed by atoms with Gasteiger partial charge in [-0.25, -0.2) is 0 Å². The molecule has 1 rings (SSSR count). The van der Waals surface area contributed by atoms with Crippen molar-refractivity contribution in [2.24, 2.45) is 11.8 Å². The summed E-state index contributed by atoms with van der Waals surface area (Å²) in [5.41, 5.74) is 0. The van der Waals surface area contributed by atoms with E-state index >= 15 is 0 Å². The summed E-state index contributed by atoms with van der Waals surface area (Å²) >= 11 is 0. The zero-order valence-electron chi connectivity index (χ0n) is 13.8. The van der Waals surface area contributed by atoms with Crippen molar-refractivity contribution in [2.75, 3.05) is 6.61 Å². The number of unbranched alkanes of at least 4 members (excludes halogenated alkanes) is 1. The Balaban J connectivity index is 2.22. The Morgan fingerprint density at radius 2 is 1.95 bits per heavy atom. The quantitative estimate of drug-likeness (QED) is 0.481. The molecule has 1 unspecified atom stereocenters. The first kappa shape index (κ1) is 18.7. The van der Waals surface area contributed by atoms with Gasteiger partial charge in [-0.15, -0.1) is 0 Å². The molecular weight excluding hydrogens is 280 g/mol. The van der Waals surface area contributed by atoms with E-state index in [1.807, 2.05) is 12.2 Å². The fraction of sp³-hybridized carbons (Fsp3) is 0.778. The van der Waals surface area contributed by atoms with Crippen molar-refractivity contribution in [1.82, 2.24) is 0 Å². The number of allylic oxidation sites excluding steroid dienone is 2. The summed E-state index contributed by atoms with van der Waals surface area (Å²) in [6, 6.07) is 0. The van der Waals surface area contributed by atoms with Crippen LogP contribution in [0.25, 0.3) is 0 Å². The molecule has 1 aliphatic carbocycles. The van der Waals surface area contributed by atoms with Gasteiger partial charge in [0.1, 0.15) is 0 Å². The second-order valence-electron chi connectivity index (χ2n) is 6.25. The van der Waals surface area contributed by atoms with Gasteiger partial charge in [-0.3, -0.25) is 9.59 Å². The van der Waals surface area contributed by atoms with Crippen molar-refractivity contribution < 1.29 is 19.4 Å². The molecule has 1 atom stereocenters. The van der Waals surface area contributed by atoms with E-state index < -0.39 is 11.9 Å². The lowest BCUT2D eigenvalue weighted by Crippen LogP contribution is -2.20. The molecule has 1 N–H and O–H groups in total. The molecule has 0 aliphatic heterocycles. The first-order chi connectivity index (χ1) is 10.6. The summed E-state index contributed by atoms with van der Waals surface area (Å²) in [6.45, 7) is 2.50. The van der Waals surface area contributed by atoms with E-state index in [2.05, 4.69) is 6.92 Å². The molecule has 0 aromatic carbocycles. The SMILES string of the molecule is CCC/C=C/CC(CC(=O)OCCC1CCCCC1)C(=O)O. The summed E-state index contributed by atoms with van der Waals surface area (Å²) in [5.74, 6) is -1.30. The molecule has 0 amide bonds. The predicted octanol–water partition coefficient (Wildman–Crippen LogP) is 4.34. The number of carbonyl (C=O) groups is 2. The molecule has 0 spiro atoms. The molecule has 0 radical (unpaired) electrons. The largest absolute Gasteiger partial charge is 0.481 e. The molecule has 1 aliphatic rings. The molecule has 0 saturated heterocycles. The molecule has 4 heteroatoms. The van der Waals surface area contributed by atoms with Crippen molar-refractivity contribution in [1.29, 1.82) is 0 Å². The highest BCUT2D eigenvalue weighted by Crippen LogP contribution is 2.26. The number of carboxylic acid groups (broad SMARTS) is 1. The maximum Gasteiger partial charge on any atom is 0.307 e. The lowest BCUT2D eigenvalue weighted by Gasteiger charge is -2.21. The average molecular weight is 310 g/mol. The Morgan fingerprint density at radius 3 is 2.59 bits per heavy atom. The molecule has 4 nitrogen and oxygen atoms in total. The van der Waals surface area contributed by atoms with Crippen LogP contribution in [0.5, 0.6) is 0 Å². The molecular formula is C18H30O4. The van der Waals surface area contributed by atoms with Crippen molar-refractivity contribution >= 4 is 11.9 Å². The van der Waals surface area contributed by atoms with E-state index in [1.165, 1.54) is 32.1 Å². The highest BCUT2D eigenvalue weighted by Gasteiger charge is 2.21. The highest BCUT2D eigenvalue weighted by molar-refractivity contribution is 5.78. The minimum Gasteiger partial charge on any atom is -0.481 e. The minimum absolute atomic E-state index is 0.0313. The second-order valence-corrected chi connectivity index (χ2v) is 6.25. The van der Waals surface area contributed by atoms with Gasteiger partial charge in [0, 0.05) is 0 Å². The number of carboxylic acids is 1. The Bertz CT molecular complexity index is 356. The number of rotatable bonds is 10. The van der Waals surface area contributed by atoms with Crippen LogP contribution in [-0.2, 0) is 14.3 Å². The van der Waals surface area contributed by atoms with Gasteiger partial charge in [-0.1, -0.05) is 57.6 Å². The molecule has 0 bridgehead atoms. The van der Waals surface area contributed by atoms with Crippen molar-refractivity contribution in [3.63, 3.8) is 0 Å². The lowest BCUT2D eigenvalue weighted by atomic mass is 9.87. The Morgan fingerprint density at radius 1 is 1.23 bits per heavy atom. The number of hydrogen-bond acceptors (Lipinski definition) is 3. The Kier molecular flexibility index (Phi) is 9.60. The van der Waals surface area contributed by atoms with Gasteiger partial charge in [-0.05, 0) is 25.2 Å². The summed E-state index contributed by atoms with van der Waals surface area (Å²) in [5, 5.41) is 9.17. The van der Waals surface area contributed by atoms with Crippen LogP contribution in [0.3, 0.4) is 0 Å². The summed E-state index contributed by atoms with van der Waals surface area (Å²) < 4.78 is 5.23. The van der Waals surface area contributed by atoms with Crippen molar-refractivity contribution in [2.45, 2.75) is 71.1 Å². The van der Waals surface area contributed by atoms with Gasteiger partial charge in [0.25, 0.3) is 0 Å². The smallest absolute Gasteiger partial charge is 0.307 e. The van der Waals surface area contributed by atoms with Gasteiger partial charge in [-0.2, -0.15) is 0 Å². The molecule has 0 aromatic heterocycles. The molecule has 1 fully saturated rings. The van der Waals surface area contributed by atoms with E-state index in [9.17, 15) is 9.59 Å². The van der Waals surface area contributed by atoms with Crippen LogP contribution in [0.1, 0.15) is 71.1 Å². The monoisotopic (exact) mass is 310 g/mol. The number of hydrogen-bond donors (Lipinski definition) is 1. The van der Waals surface area contributed by atoms with Gasteiger partial charge in [0.2, 0.25) is 0 Å². The van der Waals surface area contributed by atoms with E-state index in [0.29, 0.717) is 18.9 Å². The normalized spacial score (nSPS) is 17.5. The van der Waals surface area contributed by atoms with Crippen LogP contribution < -0.4 is 0 Å². The van der Waals surface area contributed by atoms with Crippen LogP contribution >= 0.6 is 0 Å². The Hall–Kier alpha value is -1.32. The third kappa shape index (κ3) is 8.20. The third-order valence-corrected chi connectivity index (χ3v) is 4.32. The second kappa shape index (κ2) is 11.3. The van der Waals surface area contributed by atoms with E-state index in [0.717, 1.165) is 19.3 Å². The topological polar surface area (TPSA) is 63.6 Å². The van der Waals surface area contributed by atoms with Crippen LogP contribution in [0.2, 0.25) is 0 Å². The molecule has 0 heterocycles. The number of esters is 1. The lowest BCUT2D eigenvalue weighted by molar-refractivity contribution is -0.151. The van der Waals surface area contributed by atoms with E-state index in [1.54, 1.807) is 0 Å². The zero-order valence-corrected chi connectivity index (χ0v) is 13.8. The van der Waals surface area contributed by atoms with Gasteiger partial charge in [0.05, 0.1) is 18.9 Å². The molecule has 0 aromatic rings. The fourth-order valence-corrected chi connectivity index (χ4v) is 2.89. The summed E-state index contributed by atoms with van der Waals surface area (Å²) in [7, 11) is 0. The summed E-state index contributed by atoms with van der Waals surface area (Å²) in [4.78, 5) is 23.0. The molecule has 1 saturated carbocycles. The summed E-state index contributed by atoms with van der Waals surface area (Å²) in [6.07, 6.45) is 13.5. The first-order valence-electron chi connectivity index (χ1n) is 8.67. The standard InChI is InChI=1S/C18H30O4/c1-2-3-4-8-11-16(18(20)21)14-17(19)22-13-12-15-9-6-5-7-10-15/h4,8,15-16H,2-3,5-7,9-14H2,1H3,(H,20,21)/b8-4+. The molecule has 126 valence electrons. The van der Waals surface area contributed by atoms with Crippen molar-refractivity contribution in [3.8, 4) is 0 Å². The van der Waals surface area contributed by atoms with Crippen LogP contribution in [0, 0.1) is 11.8 Å². The number of carbonyl (C=O) groups excluding carboxylic acids is 1. The predicted molar refractivity (Wildman–Crippen MR) is 86.6 cm³/mol. The minimum atomic E-state index is -0.926. The third-order valence-electron chi connectivity index (χ3n) is 4.32. The zero-order chi connectivity index (χ0) is 16.2. The average Bonchev–Trinajstić information content (AvgIpc) is 2.51. The van der Waals surface area contributed by atoms with E-state index in [4.69, 9.17) is 9.84 Å². The Labute approximate surface area is 133 Å². The van der Waals surface area contributed by atoms with Crippen LogP contribution in [0.15, 0.2) is 12.2 Å². The fourth-order valence-electron chi connectivity index (χ4n) is 2.89. The highest BCUT2D eigenvalue weighted by atomic mass is 16.5.